The molecule has 2 heterocycles. The summed E-state index contributed by atoms with van der Waals surface area (Å²) in [5, 5.41) is 3.91. The van der Waals surface area contributed by atoms with Gasteiger partial charge in [0.15, 0.2) is 0 Å². The molecule has 1 aromatic heterocycles. The van der Waals surface area contributed by atoms with Gasteiger partial charge in [0.2, 0.25) is 5.91 Å². The molecule has 1 aliphatic heterocycles. The number of rotatable bonds is 2. The summed E-state index contributed by atoms with van der Waals surface area (Å²) < 4.78 is 6.45. The molecule has 0 unspecified atom stereocenters. The summed E-state index contributed by atoms with van der Waals surface area (Å²) in [5.74, 6) is -0.177. The van der Waals surface area contributed by atoms with E-state index in [4.69, 9.17) is 4.74 Å². The average Bonchev–Trinajstić information content (AvgIpc) is 3.10. The van der Waals surface area contributed by atoms with Crippen LogP contribution in [0.15, 0.2) is 18.2 Å². The van der Waals surface area contributed by atoms with E-state index in [1.54, 1.807) is 11.3 Å². The highest BCUT2D eigenvalue weighted by molar-refractivity contribution is 7.18. The van der Waals surface area contributed by atoms with Crippen molar-refractivity contribution >= 4 is 39.2 Å². The van der Waals surface area contributed by atoms with Crippen LogP contribution >= 0.6 is 11.3 Å². The molecular weight excluding hydrogens is 338 g/mol. The summed E-state index contributed by atoms with van der Waals surface area (Å²) >= 11 is 1.59. The van der Waals surface area contributed by atoms with Gasteiger partial charge in [-0.3, -0.25) is 9.69 Å². The van der Waals surface area contributed by atoms with E-state index < -0.39 is 17.7 Å². The van der Waals surface area contributed by atoms with Crippen LogP contribution < -0.4 is 5.32 Å². The van der Waals surface area contributed by atoms with Crippen molar-refractivity contribution in [2.75, 3.05) is 11.9 Å². The van der Waals surface area contributed by atoms with Crippen LogP contribution in [0.5, 0.6) is 0 Å². The van der Waals surface area contributed by atoms with Gasteiger partial charge in [0.1, 0.15) is 11.6 Å². The topological polar surface area (TPSA) is 71.5 Å². The van der Waals surface area contributed by atoms with Gasteiger partial charge < -0.3 is 10.1 Å². The SMILES string of the molecule is Cc1nc2ccc(NC(=O)[C@H]3CCCN3C(=O)OC(C)(C)C)cc2s1. The highest BCUT2D eigenvalue weighted by Gasteiger charge is 2.36. The monoisotopic (exact) mass is 361 g/mol. The van der Waals surface area contributed by atoms with Crippen molar-refractivity contribution in [2.24, 2.45) is 0 Å². The van der Waals surface area contributed by atoms with Crippen LogP contribution in [-0.4, -0.2) is 40.1 Å². The van der Waals surface area contributed by atoms with Crippen LogP contribution in [0.3, 0.4) is 0 Å². The van der Waals surface area contributed by atoms with Gasteiger partial charge in [-0.25, -0.2) is 9.78 Å². The molecule has 1 N–H and O–H groups in total. The minimum absolute atomic E-state index is 0.177. The summed E-state index contributed by atoms with van der Waals surface area (Å²) in [4.78, 5) is 30.9. The number of carbonyl (C=O) groups is 2. The molecule has 0 spiro atoms. The van der Waals surface area contributed by atoms with Crippen LogP contribution in [-0.2, 0) is 9.53 Å². The van der Waals surface area contributed by atoms with Crippen molar-refractivity contribution in [3.63, 3.8) is 0 Å². The standard InChI is InChI=1S/C18H23N3O3S/c1-11-19-13-8-7-12(10-15(13)25-11)20-16(22)14-6-5-9-21(14)17(23)24-18(2,3)4/h7-8,10,14H,5-6,9H2,1-4H3,(H,20,22)/t14-/m1/s1. The minimum atomic E-state index is -0.574. The molecule has 0 radical (unpaired) electrons. The summed E-state index contributed by atoms with van der Waals surface area (Å²) in [6, 6.07) is 5.17. The number of ether oxygens (including phenoxy) is 1. The Morgan fingerprint density at radius 1 is 1.36 bits per heavy atom. The lowest BCUT2D eigenvalue weighted by molar-refractivity contribution is -0.120. The number of aromatic nitrogens is 1. The molecule has 3 rings (SSSR count). The van der Waals surface area contributed by atoms with Crippen molar-refractivity contribution in [3.8, 4) is 0 Å². The molecule has 1 atom stereocenters. The van der Waals surface area contributed by atoms with E-state index in [9.17, 15) is 9.59 Å². The van der Waals surface area contributed by atoms with E-state index in [0.29, 0.717) is 13.0 Å². The smallest absolute Gasteiger partial charge is 0.410 e. The predicted molar refractivity (Wildman–Crippen MR) is 98.9 cm³/mol. The first kappa shape index (κ1) is 17.7. The summed E-state index contributed by atoms with van der Waals surface area (Å²) in [6.45, 7) is 7.97. The molecule has 0 saturated carbocycles. The maximum Gasteiger partial charge on any atom is 0.410 e. The number of nitrogens with zero attached hydrogens (tertiary/aromatic N) is 2. The number of hydrogen-bond acceptors (Lipinski definition) is 5. The van der Waals surface area contributed by atoms with E-state index in [0.717, 1.165) is 27.3 Å². The van der Waals surface area contributed by atoms with Gasteiger partial charge in [-0.1, -0.05) is 0 Å². The Labute approximate surface area is 151 Å². The van der Waals surface area contributed by atoms with Gasteiger partial charge in [-0.05, 0) is 58.7 Å². The highest BCUT2D eigenvalue weighted by Crippen LogP contribution is 2.26. The number of amides is 2. The zero-order valence-corrected chi connectivity index (χ0v) is 15.8. The normalized spacial score (nSPS) is 17.8. The molecule has 2 amide bonds. The molecule has 1 saturated heterocycles. The van der Waals surface area contributed by atoms with E-state index >= 15 is 0 Å². The third-order valence-corrected chi connectivity index (χ3v) is 4.88. The summed E-state index contributed by atoms with van der Waals surface area (Å²) in [6.07, 6.45) is 1.01. The number of benzene rings is 1. The fourth-order valence-electron chi connectivity index (χ4n) is 2.92. The Morgan fingerprint density at radius 2 is 2.12 bits per heavy atom. The lowest BCUT2D eigenvalue weighted by Crippen LogP contribution is -2.45. The van der Waals surface area contributed by atoms with Crippen molar-refractivity contribution in [1.82, 2.24) is 9.88 Å². The average molecular weight is 361 g/mol. The third-order valence-electron chi connectivity index (χ3n) is 3.95. The number of thiazole rings is 1. The van der Waals surface area contributed by atoms with Crippen molar-refractivity contribution < 1.29 is 14.3 Å². The zero-order chi connectivity index (χ0) is 18.2. The van der Waals surface area contributed by atoms with Gasteiger partial charge in [-0.15, -0.1) is 11.3 Å². The van der Waals surface area contributed by atoms with Crippen LogP contribution in [0, 0.1) is 6.92 Å². The first-order valence-corrected chi connectivity index (χ1v) is 9.22. The Balaban J connectivity index is 1.71. The van der Waals surface area contributed by atoms with Gasteiger partial charge in [0.05, 0.1) is 15.2 Å². The predicted octanol–water partition coefficient (Wildman–Crippen LogP) is 3.94. The van der Waals surface area contributed by atoms with Crippen molar-refractivity contribution in [3.05, 3.63) is 23.2 Å². The Morgan fingerprint density at radius 3 is 2.84 bits per heavy atom. The van der Waals surface area contributed by atoms with Gasteiger partial charge in [0, 0.05) is 12.2 Å². The van der Waals surface area contributed by atoms with Gasteiger partial charge >= 0.3 is 6.09 Å². The lowest BCUT2D eigenvalue weighted by atomic mass is 10.2. The number of nitrogens with one attached hydrogen (secondary N) is 1. The Bertz CT molecular complexity index is 809. The molecule has 1 aliphatic rings. The molecule has 1 aromatic carbocycles. The number of hydrogen-bond donors (Lipinski definition) is 1. The van der Waals surface area contributed by atoms with E-state index in [-0.39, 0.29) is 5.91 Å². The number of aryl methyl sites for hydroxylation is 1. The molecular formula is C18H23N3O3S. The first-order chi connectivity index (χ1) is 11.7. The Hall–Kier alpha value is -2.15. The summed E-state index contributed by atoms with van der Waals surface area (Å²) in [5.41, 5.74) is 1.07. The van der Waals surface area contributed by atoms with E-state index in [1.165, 1.54) is 4.90 Å². The fraction of sp³-hybridized carbons (Fsp3) is 0.500. The van der Waals surface area contributed by atoms with Gasteiger partial charge in [-0.2, -0.15) is 0 Å². The molecule has 25 heavy (non-hydrogen) atoms. The molecule has 1 fully saturated rings. The van der Waals surface area contributed by atoms with Crippen molar-refractivity contribution in [2.45, 2.75) is 52.2 Å². The summed E-state index contributed by atoms with van der Waals surface area (Å²) in [7, 11) is 0. The highest BCUT2D eigenvalue weighted by atomic mass is 32.1. The fourth-order valence-corrected chi connectivity index (χ4v) is 3.79. The second-order valence-corrected chi connectivity index (χ2v) is 8.47. The van der Waals surface area contributed by atoms with Crippen LogP contribution in [0.2, 0.25) is 0 Å². The van der Waals surface area contributed by atoms with E-state index in [1.807, 2.05) is 45.9 Å². The quantitative estimate of drug-likeness (QED) is 0.879. The number of fused-ring (bicyclic) bond motifs is 1. The largest absolute Gasteiger partial charge is 0.444 e. The first-order valence-electron chi connectivity index (χ1n) is 8.40. The molecule has 0 bridgehead atoms. The van der Waals surface area contributed by atoms with E-state index in [2.05, 4.69) is 10.3 Å². The zero-order valence-electron chi connectivity index (χ0n) is 15.0. The van der Waals surface area contributed by atoms with Crippen LogP contribution in [0.1, 0.15) is 38.6 Å². The molecule has 6 nitrogen and oxygen atoms in total. The second kappa shape index (κ2) is 6.63. The van der Waals surface area contributed by atoms with Gasteiger partial charge in [0.25, 0.3) is 0 Å². The molecule has 7 heteroatoms. The molecule has 2 aromatic rings. The van der Waals surface area contributed by atoms with Crippen LogP contribution in [0.4, 0.5) is 10.5 Å². The number of carbonyl (C=O) groups excluding carboxylic acids is 2. The number of likely N-dealkylation sites (tertiary alicyclic amines) is 1. The van der Waals surface area contributed by atoms with Crippen LogP contribution in [0.25, 0.3) is 10.2 Å². The maximum atomic E-state index is 12.7. The minimum Gasteiger partial charge on any atom is -0.444 e. The third kappa shape index (κ3) is 4.10. The molecule has 134 valence electrons. The second-order valence-electron chi connectivity index (χ2n) is 7.24. The number of anilines is 1. The lowest BCUT2D eigenvalue weighted by Gasteiger charge is -2.28. The molecule has 0 aliphatic carbocycles. The van der Waals surface area contributed by atoms with Crippen molar-refractivity contribution in [1.29, 1.82) is 0 Å². The maximum absolute atomic E-state index is 12.7. The Kier molecular flexibility index (Phi) is 4.69.